The summed E-state index contributed by atoms with van der Waals surface area (Å²) in [5.41, 5.74) is 1.46. The van der Waals surface area contributed by atoms with E-state index in [2.05, 4.69) is 10.6 Å². The van der Waals surface area contributed by atoms with Crippen LogP contribution in [-0.4, -0.2) is 95.2 Å². The molecule has 0 spiro atoms. The van der Waals surface area contributed by atoms with Crippen LogP contribution in [0.1, 0.15) is 32.3 Å². The summed E-state index contributed by atoms with van der Waals surface area (Å²) >= 11 is 0. The molecule has 1 fully saturated rings. The van der Waals surface area contributed by atoms with E-state index in [-0.39, 0.29) is 62.2 Å². The quantitative estimate of drug-likeness (QED) is 0.195. The number of alkyl carbamates (subject to hydrolysis) is 1. The molecule has 39 heavy (non-hydrogen) atoms. The molecule has 2 N–H and O–H groups in total. The van der Waals surface area contributed by atoms with Crippen LogP contribution in [0.25, 0.3) is 0 Å². The summed E-state index contributed by atoms with van der Waals surface area (Å²) in [6, 6.07) is 7.02. The molecular formula is C27H41N3O9. The van der Waals surface area contributed by atoms with E-state index in [9.17, 15) is 19.2 Å². The first-order valence-corrected chi connectivity index (χ1v) is 13.2. The molecule has 4 amide bonds. The van der Waals surface area contributed by atoms with Gasteiger partial charge < -0.3 is 34.3 Å². The SMILES string of the molecule is CNC(=O)OCc1ccc(NC(=O)CCOCCOCCOCCOCCN2C(=O)CC(C(C)C)C2=O)cc1. The molecule has 1 heterocycles. The average molecular weight is 552 g/mol. The predicted octanol–water partition coefficient (Wildman–Crippen LogP) is 1.97. The molecule has 12 heteroatoms. The van der Waals surface area contributed by atoms with Gasteiger partial charge in [-0.15, -0.1) is 0 Å². The third kappa shape index (κ3) is 12.6. The Morgan fingerprint density at radius 2 is 1.46 bits per heavy atom. The highest BCUT2D eigenvalue weighted by molar-refractivity contribution is 6.03. The molecular weight excluding hydrogens is 510 g/mol. The Balaban J connectivity index is 1.37. The van der Waals surface area contributed by atoms with Gasteiger partial charge in [0.2, 0.25) is 17.7 Å². The molecule has 1 unspecified atom stereocenters. The Kier molecular flexibility index (Phi) is 15.1. The molecule has 12 nitrogen and oxygen atoms in total. The number of rotatable bonds is 19. The van der Waals surface area contributed by atoms with Crippen LogP contribution in [-0.2, 0) is 44.7 Å². The number of hydrogen-bond acceptors (Lipinski definition) is 9. The van der Waals surface area contributed by atoms with E-state index in [1.807, 2.05) is 13.8 Å². The summed E-state index contributed by atoms with van der Waals surface area (Å²) in [6.07, 6.45) is -0.00364. The second-order valence-corrected chi connectivity index (χ2v) is 9.21. The third-order valence-electron chi connectivity index (χ3n) is 5.94. The summed E-state index contributed by atoms with van der Waals surface area (Å²) in [5.74, 6) is -0.460. The van der Waals surface area contributed by atoms with Gasteiger partial charge in [-0.3, -0.25) is 19.3 Å². The molecule has 0 saturated carbocycles. The molecule has 2 rings (SSSR count). The minimum Gasteiger partial charge on any atom is -0.445 e. The molecule has 1 atom stereocenters. The Morgan fingerprint density at radius 3 is 2.00 bits per heavy atom. The van der Waals surface area contributed by atoms with Crippen LogP contribution in [0.15, 0.2) is 24.3 Å². The molecule has 1 aromatic carbocycles. The van der Waals surface area contributed by atoms with Gasteiger partial charge in [-0.05, 0) is 23.6 Å². The number of likely N-dealkylation sites (tertiary alicyclic amines) is 1. The van der Waals surface area contributed by atoms with Gasteiger partial charge >= 0.3 is 6.09 Å². The van der Waals surface area contributed by atoms with E-state index in [0.29, 0.717) is 51.9 Å². The van der Waals surface area contributed by atoms with Crippen molar-refractivity contribution in [1.29, 1.82) is 0 Å². The molecule has 0 aromatic heterocycles. The van der Waals surface area contributed by atoms with E-state index in [4.69, 9.17) is 23.7 Å². The maximum Gasteiger partial charge on any atom is 0.407 e. The van der Waals surface area contributed by atoms with Crippen molar-refractivity contribution < 1.29 is 42.9 Å². The fourth-order valence-corrected chi connectivity index (χ4v) is 3.68. The first-order chi connectivity index (χ1) is 18.8. The lowest BCUT2D eigenvalue weighted by Crippen LogP contribution is -2.34. The monoisotopic (exact) mass is 551 g/mol. The summed E-state index contributed by atoms with van der Waals surface area (Å²) in [5, 5.41) is 5.15. The zero-order valence-electron chi connectivity index (χ0n) is 23.1. The van der Waals surface area contributed by atoms with Crippen LogP contribution >= 0.6 is 0 Å². The lowest BCUT2D eigenvalue weighted by molar-refractivity contribution is -0.140. The van der Waals surface area contributed by atoms with Crippen molar-refractivity contribution in [2.45, 2.75) is 33.3 Å². The molecule has 1 aliphatic rings. The maximum atomic E-state index is 12.2. The van der Waals surface area contributed by atoms with Crippen molar-refractivity contribution >= 4 is 29.5 Å². The molecule has 1 saturated heterocycles. The van der Waals surface area contributed by atoms with Crippen LogP contribution in [0.5, 0.6) is 0 Å². The standard InChI is InChI=1S/C27H41N3O9/c1-20(2)23-18-25(32)30(26(23)33)9-11-36-13-15-38-17-16-37-14-12-35-10-8-24(31)29-22-6-4-21(5-7-22)19-39-27(34)28-3/h4-7,20,23H,8-19H2,1-3H3,(H,28,34)(H,29,31). The lowest BCUT2D eigenvalue weighted by Gasteiger charge is -2.16. The van der Waals surface area contributed by atoms with E-state index < -0.39 is 6.09 Å². The minimum atomic E-state index is -0.502. The van der Waals surface area contributed by atoms with Crippen LogP contribution < -0.4 is 10.6 Å². The number of imide groups is 1. The van der Waals surface area contributed by atoms with Crippen LogP contribution in [0.4, 0.5) is 10.5 Å². The lowest BCUT2D eigenvalue weighted by atomic mass is 9.94. The Hall–Kier alpha value is -3.06. The zero-order chi connectivity index (χ0) is 28.5. The number of amides is 4. The number of hydrogen-bond donors (Lipinski definition) is 2. The van der Waals surface area contributed by atoms with E-state index in [1.165, 1.54) is 11.9 Å². The summed E-state index contributed by atoms with van der Waals surface area (Å²) in [7, 11) is 1.49. The number of ether oxygens (including phenoxy) is 5. The van der Waals surface area contributed by atoms with Gasteiger partial charge in [0.1, 0.15) is 6.61 Å². The van der Waals surface area contributed by atoms with Gasteiger partial charge in [-0.1, -0.05) is 26.0 Å². The van der Waals surface area contributed by atoms with Gasteiger partial charge in [0, 0.05) is 25.1 Å². The topological polar surface area (TPSA) is 142 Å². The molecule has 1 aliphatic heterocycles. The fraction of sp³-hybridized carbons (Fsp3) is 0.630. The second-order valence-electron chi connectivity index (χ2n) is 9.21. The number of anilines is 1. The average Bonchev–Trinajstić information content (AvgIpc) is 3.21. The number of carbonyl (C=O) groups is 4. The van der Waals surface area contributed by atoms with Crippen molar-refractivity contribution in [3.8, 4) is 0 Å². The normalized spacial score (nSPS) is 15.2. The van der Waals surface area contributed by atoms with Crippen molar-refractivity contribution in [1.82, 2.24) is 10.2 Å². The number of nitrogens with one attached hydrogen (secondary N) is 2. The van der Waals surface area contributed by atoms with Crippen molar-refractivity contribution in [3.63, 3.8) is 0 Å². The number of nitrogens with zero attached hydrogens (tertiary/aromatic N) is 1. The van der Waals surface area contributed by atoms with Crippen LogP contribution in [0.3, 0.4) is 0 Å². The third-order valence-corrected chi connectivity index (χ3v) is 5.94. The number of carbonyl (C=O) groups excluding carboxylic acids is 4. The van der Waals surface area contributed by atoms with E-state index in [0.717, 1.165) is 5.56 Å². The Labute approximate surface area is 229 Å². The highest BCUT2D eigenvalue weighted by atomic mass is 16.6. The van der Waals surface area contributed by atoms with Gasteiger partial charge in [-0.25, -0.2) is 4.79 Å². The second kappa shape index (κ2) is 18.3. The smallest absolute Gasteiger partial charge is 0.407 e. The highest BCUT2D eigenvalue weighted by Gasteiger charge is 2.39. The molecule has 0 aliphatic carbocycles. The van der Waals surface area contributed by atoms with E-state index in [1.54, 1.807) is 24.3 Å². The minimum absolute atomic E-state index is 0.103. The summed E-state index contributed by atoms with van der Waals surface area (Å²) in [4.78, 5) is 48.6. The Bertz CT molecular complexity index is 908. The van der Waals surface area contributed by atoms with Crippen molar-refractivity contribution in [2.24, 2.45) is 11.8 Å². The summed E-state index contributed by atoms with van der Waals surface area (Å²) in [6.45, 7) is 7.20. The largest absolute Gasteiger partial charge is 0.445 e. The first kappa shape index (κ1) is 32.2. The summed E-state index contributed by atoms with van der Waals surface area (Å²) < 4.78 is 26.7. The van der Waals surface area contributed by atoms with Gasteiger partial charge in [-0.2, -0.15) is 0 Å². The van der Waals surface area contributed by atoms with Crippen molar-refractivity contribution in [2.75, 3.05) is 71.8 Å². The first-order valence-electron chi connectivity index (χ1n) is 13.2. The molecule has 218 valence electrons. The zero-order valence-corrected chi connectivity index (χ0v) is 23.1. The Morgan fingerprint density at radius 1 is 0.897 bits per heavy atom. The van der Waals surface area contributed by atoms with Crippen LogP contribution in [0.2, 0.25) is 0 Å². The molecule has 1 aromatic rings. The van der Waals surface area contributed by atoms with Gasteiger partial charge in [0.05, 0.1) is 65.8 Å². The molecule has 0 radical (unpaired) electrons. The highest BCUT2D eigenvalue weighted by Crippen LogP contribution is 2.25. The van der Waals surface area contributed by atoms with Gasteiger partial charge in [0.15, 0.2) is 0 Å². The van der Waals surface area contributed by atoms with E-state index >= 15 is 0 Å². The van der Waals surface area contributed by atoms with Gasteiger partial charge in [0.25, 0.3) is 0 Å². The predicted molar refractivity (Wildman–Crippen MR) is 142 cm³/mol. The van der Waals surface area contributed by atoms with Crippen LogP contribution in [0, 0.1) is 11.8 Å². The number of benzene rings is 1. The molecule has 0 bridgehead atoms. The fourth-order valence-electron chi connectivity index (χ4n) is 3.68. The maximum absolute atomic E-state index is 12.2. The van der Waals surface area contributed by atoms with Crippen molar-refractivity contribution in [3.05, 3.63) is 29.8 Å².